The van der Waals surface area contributed by atoms with Gasteiger partial charge in [0.05, 0.1) is 0 Å². The standard InChI is InChI=1S/C6H14N2.3ClH/c1-7-3-5-8(2)6-4-7;;;/h3-6H2,1-2H3;3*1H. The van der Waals surface area contributed by atoms with Crippen molar-refractivity contribution in [1.29, 1.82) is 0 Å². The van der Waals surface area contributed by atoms with Gasteiger partial charge in [-0.05, 0) is 14.1 Å². The first-order valence-corrected chi connectivity index (χ1v) is 3.16. The highest BCUT2D eigenvalue weighted by atomic mass is 35.5. The second-order valence-corrected chi connectivity index (χ2v) is 2.61. The van der Waals surface area contributed by atoms with Crippen LogP contribution in [0, 0.1) is 0 Å². The van der Waals surface area contributed by atoms with Crippen LogP contribution in [-0.2, 0) is 0 Å². The topological polar surface area (TPSA) is 6.48 Å². The van der Waals surface area contributed by atoms with Gasteiger partial charge in [0.2, 0.25) is 0 Å². The first-order chi connectivity index (χ1) is 3.79. The molecule has 1 saturated heterocycles. The predicted octanol–water partition coefficient (Wildman–Crippen LogP) is 1.13. The van der Waals surface area contributed by atoms with E-state index in [2.05, 4.69) is 23.9 Å². The summed E-state index contributed by atoms with van der Waals surface area (Å²) >= 11 is 0. The van der Waals surface area contributed by atoms with Gasteiger partial charge < -0.3 is 9.80 Å². The van der Waals surface area contributed by atoms with Gasteiger partial charge in [-0.25, -0.2) is 0 Å². The molecule has 0 atom stereocenters. The van der Waals surface area contributed by atoms with Crippen molar-refractivity contribution < 1.29 is 0 Å². The number of piperazine rings is 1. The lowest BCUT2D eigenvalue weighted by atomic mass is 10.4. The number of likely N-dealkylation sites (N-methyl/N-ethyl adjacent to an activating group) is 2. The summed E-state index contributed by atoms with van der Waals surface area (Å²) in [5, 5.41) is 0. The van der Waals surface area contributed by atoms with Crippen LogP contribution in [0.15, 0.2) is 0 Å². The molecule has 11 heavy (non-hydrogen) atoms. The Labute approximate surface area is 87.5 Å². The lowest BCUT2D eigenvalue weighted by Crippen LogP contribution is -2.42. The molecular formula is C6H17Cl3N2. The van der Waals surface area contributed by atoms with E-state index in [1.54, 1.807) is 0 Å². The van der Waals surface area contributed by atoms with Crippen molar-refractivity contribution in [3.05, 3.63) is 0 Å². The van der Waals surface area contributed by atoms with Crippen LogP contribution in [0.3, 0.4) is 0 Å². The van der Waals surface area contributed by atoms with Crippen molar-refractivity contribution >= 4 is 37.2 Å². The van der Waals surface area contributed by atoms with Crippen LogP contribution in [0.5, 0.6) is 0 Å². The molecule has 2 nitrogen and oxygen atoms in total. The molecule has 1 rings (SSSR count). The number of halogens is 3. The van der Waals surface area contributed by atoms with E-state index in [4.69, 9.17) is 0 Å². The molecule has 0 aromatic heterocycles. The molecule has 0 radical (unpaired) electrons. The third kappa shape index (κ3) is 7.16. The first kappa shape index (κ1) is 17.8. The lowest BCUT2D eigenvalue weighted by molar-refractivity contribution is 0.181. The minimum atomic E-state index is 0. The van der Waals surface area contributed by atoms with Crippen molar-refractivity contribution in [2.75, 3.05) is 40.3 Å². The van der Waals surface area contributed by atoms with Gasteiger partial charge in [-0.1, -0.05) is 0 Å². The van der Waals surface area contributed by atoms with Crippen molar-refractivity contribution in [3.8, 4) is 0 Å². The van der Waals surface area contributed by atoms with Gasteiger partial charge >= 0.3 is 0 Å². The number of rotatable bonds is 0. The van der Waals surface area contributed by atoms with E-state index in [1.165, 1.54) is 26.2 Å². The summed E-state index contributed by atoms with van der Waals surface area (Å²) in [6.07, 6.45) is 0. The highest BCUT2D eigenvalue weighted by Gasteiger charge is 2.07. The molecule has 72 valence electrons. The third-order valence-corrected chi connectivity index (χ3v) is 1.73. The maximum atomic E-state index is 2.36. The Kier molecular flexibility index (Phi) is 14.3. The van der Waals surface area contributed by atoms with Crippen molar-refractivity contribution in [1.82, 2.24) is 9.80 Å². The zero-order valence-electron chi connectivity index (χ0n) is 6.95. The molecule has 0 saturated carbocycles. The van der Waals surface area contributed by atoms with Gasteiger partial charge in [0.1, 0.15) is 0 Å². The van der Waals surface area contributed by atoms with Gasteiger partial charge in [0.25, 0.3) is 0 Å². The largest absolute Gasteiger partial charge is 0.304 e. The SMILES string of the molecule is CN1CCN(C)CC1.Cl.Cl.Cl. The minimum Gasteiger partial charge on any atom is -0.304 e. The minimum absolute atomic E-state index is 0. The summed E-state index contributed by atoms with van der Waals surface area (Å²) in [4.78, 5) is 4.72. The van der Waals surface area contributed by atoms with E-state index in [-0.39, 0.29) is 37.2 Å². The van der Waals surface area contributed by atoms with E-state index in [0.29, 0.717) is 0 Å². The molecule has 0 amide bonds. The average molecular weight is 224 g/mol. The molecule has 0 aromatic rings. The van der Waals surface area contributed by atoms with Crippen LogP contribution in [0.1, 0.15) is 0 Å². The van der Waals surface area contributed by atoms with Crippen LogP contribution >= 0.6 is 37.2 Å². The fourth-order valence-electron chi connectivity index (χ4n) is 0.906. The summed E-state index contributed by atoms with van der Waals surface area (Å²) < 4.78 is 0. The van der Waals surface area contributed by atoms with Gasteiger partial charge in [0.15, 0.2) is 0 Å². The van der Waals surface area contributed by atoms with Crippen LogP contribution in [0.4, 0.5) is 0 Å². The van der Waals surface area contributed by atoms with E-state index < -0.39 is 0 Å². The molecular weight excluding hydrogens is 206 g/mol. The third-order valence-electron chi connectivity index (χ3n) is 1.73. The van der Waals surface area contributed by atoms with E-state index in [1.807, 2.05) is 0 Å². The Morgan fingerprint density at radius 3 is 1.00 bits per heavy atom. The highest BCUT2D eigenvalue weighted by Crippen LogP contribution is 1.93. The Morgan fingerprint density at radius 1 is 0.636 bits per heavy atom. The van der Waals surface area contributed by atoms with E-state index in [9.17, 15) is 0 Å². The van der Waals surface area contributed by atoms with Crippen molar-refractivity contribution in [2.45, 2.75) is 0 Å². The van der Waals surface area contributed by atoms with Crippen molar-refractivity contribution in [3.63, 3.8) is 0 Å². The molecule has 1 aliphatic rings. The van der Waals surface area contributed by atoms with E-state index >= 15 is 0 Å². The van der Waals surface area contributed by atoms with Gasteiger partial charge in [-0.3, -0.25) is 0 Å². The normalized spacial score (nSPS) is 19.1. The maximum absolute atomic E-state index is 2.36. The van der Waals surface area contributed by atoms with Gasteiger partial charge in [-0.15, -0.1) is 37.2 Å². The van der Waals surface area contributed by atoms with Gasteiger partial charge in [0, 0.05) is 26.2 Å². The van der Waals surface area contributed by atoms with Crippen LogP contribution in [0.25, 0.3) is 0 Å². The summed E-state index contributed by atoms with van der Waals surface area (Å²) in [5.74, 6) is 0. The smallest absolute Gasteiger partial charge is 0.0107 e. The Hall–Kier alpha value is 0.790. The second-order valence-electron chi connectivity index (χ2n) is 2.61. The van der Waals surface area contributed by atoms with Gasteiger partial charge in [-0.2, -0.15) is 0 Å². The molecule has 5 heteroatoms. The number of hydrogen-bond donors (Lipinski definition) is 0. The fraction of sp³-hybridized carbons (Fsp3) is 1.00. The summed E-state index contributed by atoms with van der Waals surface area (Å²) in [6.45, 7) is 4.93. The monoisotopic (exact) mass is 222 g/mol. The summed E-state index contributed by atoms with van der Waals surface area (Å²) in [6, 6.07) is 0. The molecule has 0 spiro atoms. The Bertz CT molecular complexity index is 64.2. The van der Waals surface area contributed by atoms with Crippen LogP contribution < -0.4 is 0 Å². The zero-order valence-corrected chi connectivity index (χ0v) is 9.40. The average Bonchev–Trinajstić information content (AvgIpc) is 1.77. The van der Waals surface area contributed by atoms with Crippen LogP contribution in [0.2, 0.25) is 0 Å². The molecule has 1 heterocycles. The highest BCUT2D eigenvalue weighted by molar-refractivity contribution is 5.86. The molecule has 1 fully saturated rings. The van der Waals surface area contributed by atoms with Crippen molar-refractivity contribution in [2.24, 2.45) is 0 Å². The first-order valence-electron chi connectivity index (χ1n) is 3.16. The molecule has 0 aromatic carbocycles. The van der Waals surface area contributed by atoms with E-state index in [0.717, 1.165) is 0 Å². The molecule has 0 N–H and O–H groups in total. The zero-order chi connectivity index (χ0) is 5.98. The summed E-state index contributed by atoms with van der Waals surface area (Å²) in [5.41, 5.74) is 0. The Morgan fingerprint density at radius 2 is 0.818 bits per heavy atom. The quantitative estimate of drug-likeness (QED) is 0.608. The summed E-state index contributed by atoms with van der Waals surface area (Å²) in [7, 11) is 4.35. The lowest BCUT2D eigenvalue weighted by Gasteiger charge is -2.28. The Balaban J connectivity index is -0.000000213. The molecule has 0 unspecified atom stereocenters. The predicted molar refractivity (Wildman–Crippen MR) is 56.7 cm³/mol. The molecule has 1 aliphatic heterocycles. The molecule has 0 bridgehead atoms. The molecule has 0 aliphatic carbocycles. The second kappa shape index (κ2) is 8.88. The number of nitrogens with zero attached hydrogens (tertiary/aromatic N) is 2. The fourth-order valence-corrected chi connectivity index (χ4v) is 0.906. The maximum Gasteiger partial charge on any atom is 0.0107 e. The number of hydrogen-bond acceptors (Lipinski definition) is 2. The van der Waals surface area contributed by atoms with Crippen LogP contribution in [-0.4, -0.2) is 50.1 Å².